The molecular formula is C21H28ClN3O5S2. The van der Waals surface area contributed by atoms with E-state index in [0.717, 1.165) is 10.6 Å². The van der Waals surface area contributed by atoms with E-state index in [1.54, 1.807) is 32.9 Å². The van der Waals surface area contributed by atoms with Crippen molar-refractivity contribution in [2.24, 2.45) is 0 Å². The average molecular weight is 502 g/mol. The summed E-state index contributed by atoms with van der Waals surface area (Å²) in [5, 5.41) is 2.99. The van der Waals surface area contributed by atoms with Gasteiger partial charge in [0, 0.05) is 23.8 Å². The van der Waals surface area contributed by atoms with Crippen LogP contribution in [0, 0.1) is 6.92 Å². The zero-order valence-corrected chi connectivity index (χ0v) is 21.1. The third-order valence-corrected chi connectivity index (χ3v) is 8.49. The van der Waals surface area contributed by atoms with E-state index in [-0.39, 0.29) is 4.90 Å². The molecule has 0 aliphatic heterocycles. The van der Waals surface area contributed by atoms with Gasteiger partial charge in [0.05, 0.1) is 16.8 Å². The molecule has 1 amide bonds. The van der Waals surface area contributed by atoms with Gasteiger partial charge in [0.15, 0.2) is 0 Å². The van der Waals surface area contributed by atoms with Crippen molar-refractivity contribution in [3.8, 4) is 0 Å². The van der Waals surface area contributed by atoms with Crippen LogP contribution in [0.4, 0.5) is 11.4 Å². The van der Waals surface area contributed by atoms with Gasteiger partial charge in [-0.3, -0.25) is 9.10 Å². The maximum absolute atomic E-state index is 12.9. The predicted octanol–water partition coefficient (Wildman–Crippen LogP) is 3.47. The Kier molecular flexibility index (Phi) is 8.33. The molecule has 2 rings (SSSR count). The van der Waals surface area contributed by atoms with Gasteiger partial charge < -0.3 is 5.32 Å². The number of carbonyl (C=O) groups excluding carboxylic acids is 1. The minimum Gasteiger partial charge on any atom is -0.324 e. The van der Waals surface area contributed by atoms with E-state index in [9.17, 15) is 21.6 Å². The zero-order chi connectivity index (χ0) is 24.3. The van der Waals surface area contributed by atoms with Crippen LogP contribution in [0.15, 0.2) is 47.4 Å². The first-order valence-electron chi connectivity index (χ1n) is 9.99. The summed E-state index contributed by atoms with van der Waals surface area (Å²) in [7, 11) is -7.43. The Morgan fingerprint density at radius 1 is 1.03 bits per heavy atom. The number of rotatable bonds is 9. The Balaban J connectivity index is 2.30. The number of anilines is 2. The number of hydrogen-bond donors (Lipinski definition) is 1. The van der Waals surface area contributed by atoms with E-state index < -0.39 is 32.0 Å². The Bertz CT molecular complexity index is 1180. The third-order valence-electron chi connectivity index (χ3n) is 4.96. The number of carbonyl (C=O) groups is 1. The lowest BCUT2D eigenvalue weighted by atomic mass is 10.1. The summed E-state index contributed by atoms with van der Waals surface area (Å²) in [5.74, 6) is -0.575. The molecule has 1 N–H and O–H groups in total. The summed E-state index contributed by atoms with van der Waals surface area (Å²) in [6, 6.07) is 9.48. The van der Waals surface area contributed by atoms with Crippen LogP contribution in [-0.2, 0) is 24.8 Å². The van der Waals surface area contributed by atoms with Crippen LogP contribution < -0.4 is 9.62 Å². The van der Waals surface area contributed by atoms with Crippen molar-refractivity contribution in [2.45, 2.75) is 38.6 Å². The van der Waals surface area contributed by atoms with Gasteiger partial charge in [0.1, 0.15) is 6.04 Å². The van der Waals surface area contributed by atoms with Gasteiger partial charge in [-0.2, -0.15) is 4.31 Å². The number of hydrogen-bond acceptors (Lipinski definition) is 5. The van der Waals surface area contributed by atoms with Crippen molar-refractivity contribution in [3.05, 3.63) is 53.1 Å². The molecule has 32 heavy (non-hydrogen) atoms. The first kappa shape index (κ1) is 26.1. The molecule has 2 aromatic rings. The largest absolute Gasteiger partial charge is 0.324 e. The molecule has 0 bridgehead atoms. The standard InChI is InChI=1S/C21H28ClN3O5S2/c1-6-24(7-2)32(29,30)19-12-10-18(11-13-19)23-21(26)16(4)25(31(5,27)28)20-14-17(22)9-8-15(20)3/h8-14,16H,6-7H2,1-5H3,(H,23,26)/t16-/m0/s1. The van der Waals surface area contributed by atoms with Gasteiger partial charge in [-0.1, -0.05) is 31.5 Å². The summed E-state index contributed by atoms with van der Waals surface area (Å²) in [4.78, 5) is 13.0. The van der Waals surface area contributed by atoms with Crippen LogP contribution >= 0.6 is 11.6 Å². The third kappa shape index (κ3) is 5.80. The molecule has 0 aliphatic rings. The monoisotopic (exact) mass is 501 g/mol. The van der Waals surface area contributed by atoms with Crippen LogP contribution in [0.5, 0.6) is 0 Å². The lowest BCUT2D eigenvalue weighted by Gasteiger charge is -2.29. The number of benzene rings is 2. The minimum atomic E-state index is -3.81. The highest BCUT2D eigenvalue weighted by Crippen LogP contribution is 2.28. The van der Waals surface area contributed by atoms with Crippen LogP contribution in [0.1, 0.15) is 26.3 Å². The van der Waals surface area contributed by atoms with Crippen molar-refractivity contribution in [3.63, 3.8) is 0 Å². The Morgan fingerprint density at radius 2 is 1.59 bits per heavy atom. The number of nitrogens with one attached hydrogen (secondary N) is 1. The van der Waals surface area contributed by atoms with E-state index in [0.29, 0.717) is 35.1 Å². The Morgan fingerprint density at radius 3 is 2.09 bits per heavy atom. The number of halogens is 1. The molecule has 8 nitrogen and oxygen atoms in total. The SMILES string of the molecule is CCN(CC)S(=O)(=O)c1ccc(NC(=O)[C@H](C)N(c2cc(Cl)ccc2C)S(C)(=O)=O)cc1. The maximum atomic E-state index is 12.9. The van der Waals surface area contributed by atoms with Crippen LogP contribution in [0.2, 0.25) is 5.02 Å². The lowest BCUT2D eigenvalue weighted by Crippen LogP contribution is -2.45. The molecular weight excluding hydrogens is 474 g/mol. The van der Waals surface area contributed by atoms with Crippen LogP contribution in [0.25, 0.3) is 0 Å². The average Bonchev–Trinajstić information content (AvgIpc) is 2.70. The molecule has 0 aliphatic carbocycles. The summed E-state index contributed by atoms with van der Waals surface area (Å²) < 4.78 is 52.6. The summed E-state index contributed by atoms with van der Waals surface area (Å²) in [5.41, 5.74) is 1.30. The second-order valence-electron chi connectivity index (χ2n) is 7.27. The maximum Gasteiger partial charge on any atom is 0.247 e. The van der Waals surface area contributed by atoms with Crippen molar-refractivity contribution >= 4 is 48.9 Å². The normalized spacial score (nSPS) is 13.1. The lowest BCUT2D eigenvalue weighted by molar-refractivity contribution is -0.116. The predicted molar refractivity (Wildman–Crippen MR) is 128 cm³/mol. The van der Waals surface area contributed by atoms with E-state index in [1.807, 2.05) is 0 Å². The molecule has 0 radical (unpaired) electrons. The summed E-state index contributed by atoms with van der Waals surface area (Å²) >= 11 is 6.05. The van der Waals surface area contributed by atoms with E-state index in [1.165, 1.54) is 41.6 Å². The first-order chi connectivity index (χ1) is 14.8. The molecule has 11 heteroatoms. The first-order valence-corrected chi connectivity index (χ1v) is 13.7. The second-order valence-corrected chi connectivity index (χ2v) is 11.5. The van der Waals surface area contributed by atoms with Crippen molar-refractivity contribution in [1.29, 1.82) is 0 Å². The smallest absolute Gasteiger partial charge is 0.247 e. The van der Waals surface area contributed by atoms with Gasteiger partial charge in [-0.25, -0.2) is 16.8 Å². The quantitative estimate of drug-likeness (QED) is 0.566. The summed E-state index contributed by atoms with van der Waals surface area (Å²) in [6.07, 6.45) is 1.02. The van der Waals surface area contributed by atoms with Crippen LogP contribution in [0.3, 0.4) is 0 Å². The number of amides is 1. The summed E-state index contributed by atoms with van der Waals surface area (Å²) in [6.45, 7) is 7.40. The number of sulfonamides is 2. The molecule has 0 aromatic heterocycles. The molecule has 0 spiro atoms. The fourth-order valence-corrected chi connectivity index (χ4v) is 6.12. The second kappa shape index (κ2) is 10.2. The highest BCUT2D eigenvalue weighted by Gasteiger charge is 2.30. The van der Waals surface area contributed by atoms with E-state index in [2.05, 4.69) is 5.32 Å². The molecule has 0 unspecified atom stereocenters. The van der Waals surface area contributed by atoms with Crippen molar-refractivity contribution < 1.29 is 21.6 Å². The highest BCUT2D eigenvalue weighted by atomic mass is 35.5. The Labute approximate surface area is 195 Å². The Hall–Kier alpha value is -2.14. The topological polar surface area (TPSA) is 104 Å². The zero-order valence-electron chi connectivity index (χ0n) is 18.7. The van der Waals surface area contributed by atoms with Gasteiger partial charge in [0.2, 0.25) is 26.0 Å². The fourth-order valence-electron chi connectivity index (χ4n) is 3.27. The molecule has 1 atom stereocenters. The molecule has 0 saturated heterocycles. The van der Waals surface area contributed by atoms with Crippen molar-refractivity contribution in [2.75, 3.05) is 29.0 Å². The van der Waals surface area contributed by atoms with Crippen molar-refractivity contribution in [1.82, 2.24) is 4.31 Å². The highest BCUT2D eigenvalue weighted by molar-refractivity contribution is 7.92. The fraction of sp³-hybridized carbons (Fsp3) is 0.381. The van der Waals surface area contributed by atoms with Gasteiger partial charge in [0.25, 0.3) is 0 Å². The minimum absolute atomic E-state index is 0.111. The van der Waals surface area contributed by atoms with Gasteiger partial charge in [-0.05, 0) is 55.8 Å². The number of nitrogens with zero attached hydrogens (tertiary/aromatic N) is 2. The molecule has 2 aromatic carbocycles. The van der Waals surface area contributed by atoms with Gasteiger partial charge >= 0.3 is 0 Å². The van der Waals surface area contributed by atoms with Gasteiger partial charge in [-0.15, -0.1) is 0 Å². The molecule has 0 saturated carbocycles. The van der Waals surface area contributed by atoms with E-state index >= 15 is 0 Å². The van der Waals surface area contributed by atoms with E-state index in [4.69, 9.17) is 11.6 Å². The molecule has 0 heterocycles. The number of aryl methyl sites for hydroxylation is 1. The molecule has 176 valence electrons. The molecule has 0 fully saturated rings. The van der Waals surface area contributed by atoms with Crippen LogP contribution in [-0.4, -0.2) is 52.4 Å².